The van der Waals surface area contributed by atoms with E-state index in [0.29, 0.717) is 40.1 Å². The van der Waals surface area contributed by atoms with Crippen molar-refractivity contribution in [2.75, 3.05) is 0 Å². The number of ketones is 1. The molecule has 0 fully saturated rings. The van der Waals surface area contributed by atoms with Crippen LogP contribution in [-0.4, -0.2) is 30.7 Å². The number of rotatable bonds is 8. The Balaban J connectivity index is 1.74. The van der Waals surface area contributed by atoms with Crippen LogP contribution in [0.5, 0.6) is 0 Å². The minimum Gasteiger partial charge on any atom is -0.296 e. The highest BCUT2D eigenvalue weighted by Gasteiger charge is 2.19. The van der Waals surface area contributed by atoms with E-state index < -0.39 is 11.6 Å². The molecule has 9 heteroatoms. The summed E-state index contributed by atoms with van der Waals surface area (Å²) in [7, 11) is 0. The number of nitrogens with one attached hydrogen (secondary N) is 1. The van der Waals surface area contributed by atoms with Gasteiger partial charge in [-0.3, -0.25) is 14.3 Å². The number of hydrogen-bond acceptors (Lipinski definition) is 6. The molecule has 0 aliphatic heterocycles. The number of benzene rings is 2. The summed E-state index contributed by atoms with van der Waals surface area (Å²) in [6, 6.07) is 12.1. The Morgan fingerprint density at radius 3 is 2.53 bits per heavy atom. The first-order valence-electron chi connectivity index (χ1n) is 10.9. The van der Waals surface area contributed by atoms with Crippen LogP contribution in [-0.2, 0) is 11.2 Å². The van der Waals surface area contributed by atoms with E-state index in [1.807, 2.05) is 26.0 Å². The molecule has 0 amide bonds. The van der Waals surface area contributed by atoms with Crippen molar-refractivity contribution in [2.24, 2.45) is 0 Å². The van der Waals surface area contributed by atoms with E-state index in [4.69, 9.17) is 0 Å². The van der Waals surface area contributed by atoms with E-state index in [1.54, 1.807) is 28.9 Å². The number of allylic oxidation sites excluding steroid dienone is 2. The van der Waals surface area contributed by atoms with Gasteiger partial charge in [0.15, 0.2) is 11.6 Å². The van der Waals surface area contributed by atoms with E-state index in [2.05, 4.69) is 24.7 Å². The molecule has 0 saturated heterocycles. The summed E-state index contributed by atoms with van der Waals surface area (Å²) in [5, 5.41) is 8.00. The number of halogens is 1. The Labute approximate surface area is 195 Å². The van der Waals surface area contributed by atoms with Crippen LogP contribution < -0.4 is 5.76 Å². The van der Waals surface area contributed by atoms with Crippen molar-refractivity contribution < 1.29 is 13.7 Å². The maximum Gasteiger partial charge on any atom is 0.439 e. The van der Waals surface area contributed by atoms with E-state index in [0.717, 1.165) is 12.1 Å². The van der Waals surface area contributed by atoms with Gasteiger partial charge in [0.25, 0.3) is 0 Å². The van der Waals surface area contributed by atoms with Crippen molar-refractivity contribution in [3.8, 4) is 22.5 Å². The standard InChI is InChI=1S/C25H24FN5O3/c1-4-7-23(31-16(3)27-14-28-31)21(15(2)32)12-18-11-10-17(13-22(18)26)19-8-5-6-9-20(19)24-29-25(33)34-30-24/h5-6,8-11,13-14H,4,7,12H2,1-3H3,(H,29,30,33)/b23-21-. The number of H-pyrrole nitrogens is 1. The number of aromatic nitrogens is 5. The van der Waals surface area contributed by atoms with Gasteiger partial charge in [0.2, 0.25) is 0 Å². The van der Waals surface area contributed by atoms with Crippen molar-refractivity contribution in [3.05, 3.63) is 82.1 Å². The van der Waals surface area contributed by atoms with Crippen LogP contribution in [0.3, 0.4) is 0 Å². The largest absolute Gasteiger partial charge is 0.439 e. The first kappa shape index (κ1) is 23.0. The average molecular weight is 461 g/mol. The lowest BCUT2D eigenvalue weighted by Gasteiger charge is -2.15. The molecule has 0 aliphatic rings. The average Bonchev–Trinajstić information content (AvgIpc) is 3.45. The van der Waals surface area contributed by atoms with Gasteiger partial charge in [-0.2, -0.15) is 5.10 Å². The van der Waals surface area contributed by atoms with Crippen LogP contribution in [0.1, 0.15) is 38.1 Å². The summed E-state index contributed by atoms with van der Waals surface area (Å²) < 4.78 is 21.6. The number of nitrogens with zero attached hydrogens (tertiary/aromatic N) is 4. The van der Waals surface area contributed by atoms with Gasteiger partial charge in [0, 0.05) is 17.6 Å². The van der Waals surface area contributed by atoms with Gasteiger partial charge in [0.05, 0.1) is 5.70 Å². The van der Waals surface area contributed by atoms with Gasteiger partial charge in [-0.25, -0.2) is 18.9 Å². The zero-order valence-corrected chi connectivity index (χ0v) is 19.1. The van der Waals surface area contributed by atoms with E-state index in [-0.39, 0.29) is 18.0 Å². The van der Waals surface area contributed by atoms with Gasteiger partial charge >= 0.3 is 5.76 Å². The Morgan fingerprint density at radius 2 is 1.94 bits per heavy atom. The fourth-order valence-corrected chi connectivity index (χ4v) is 3.95. The molecule has 0 radical (unpaired) electrons. The van der Waals surface area contributed by atoms with Crippen LogP contribution in [0, 0.1) is 12.7 Å². The minimum absolute atomic E-state index is 0.133. The normalized spacial score (nSPS) is 12.0. The third kappa shape index (κ3) is 4.63. The monoisotopic (exact) mass is 461 g/mol. The third-order valence-electron chi connectivity index (χ3n) is 5.59. The van der Waals surface area contributed by atoms with Gasteiger partial charge in [-0.15, -0.1) is 0 Å². The molecule has 0 atom stereocenters. The lowest BCUT2D eigenvalue weighted by atomic mass is 9.94. The second-order valence-corrected chi connectivity index (χ2v) is 7.92. The topological polar surface area (TPSA) is 107 Å². The molecule has 2 aromatic heterocycles. The Bertz CT molecular complexity index is 1430. The van der Waals surface area contributed by atoms with Crippen LogP contribution in [0.25, 0.3) is 28.2 Å². The molecule has 0 unspecified atom stereocenters. The van der Waals surface area contributed by atoms with Crippen LogP contribution in [0.15, 0.2) is 63.7 Å². The molecule has 8 nitrogen and oxygen atoms in total. The molecule has 4 rings (SSSR count). The van der Waals surface area contributed by atoms with Crippen molar-refractivity contribution in [3.63, 3.8) is 0 Å². The predicted molar refractivity (Wildman–Crippen MR) is 125 cm³/mol. The molecule has 2 heterocycles. The quantitative estimate of drug-likeness (QED) is 0.385. The highest BCUT2D eigenvalue weighted by molar-refractivity contribution is 5.99. The van der Waals surface area contributed by atoms with Gasteiger partial charge in [-0.05, 0) is 43.0 Å². The molecule has 1 N–H and O–H groups in total. The Morgan fingerprint density at radius 1 is 1.18 bits per heavy atom. The number of carbonyl (C=O) groups is 1. The maximum absolute atomic E-state index is 15.3. The highest BCUT2D eigenvalue weighted by Crippen LogP contribution is 2.31. The third-order valence-corrected chi connectivity index (χ3v) is 5.59. The fourth-order valence-electron chi connectivity index (χ4n) is 3.95. The lowest BCUT2D eigenvalue weighted by Crippen LogP contribution is -2.12. The molecule has 2 aromatic carbocycles. The zero-order chi connectivity index (χ0) is 24.2. The molecule has 174 valence electrons. The number of Topliss-reactive ketones (excluding diaryl/α,β-unsaturated/α-hetero) is 1. The number of aryl methyl sites for hydroxylation is 1. The molecular weight excluding hydrogens is 437 g/mol. The maximum atomic E-state index is 15.3. The van der Waals surface area contributed by atoms with Crippen LogP contribution >= 0.6 is 0 Å². The predicted octanol–water partition coefficient (Wildman–Crippen LogP) is 4.58. The van der Waals surface area contributed by atoms with Crippen LogP contribution in [0.4, 0.5) is 4.39 Å². The molecule has 0 bridgehead atoms. The molecule has 4 aromatic rings. The minimum atomic E-state index is -0.666. The second kappa shape index (κ2) is 9.78. The lowest BCUT2D eigenvalue weighted by molar-refractivity contribution is -0.113. The summed E-state index contributed by atoms with van der Waals surface area (Å²) in [6.07, 6.45) is 2.99. The Hall–Kier alpha value is -4.14. The van der Waals surface area contributed by atoms with Crippen molar-refractivity contribution in [1.82, 2.24) is 24.9 Å². The van der Waals surface area contributed by atoms with E-state index in [9.17, 15) is 9.59 Å². The molecule has 0 saturated carbocycles. The second-order valence-electron chi connectivity index (χ2n) is 7.92. The molecule has 0 spiro atoms. The van der Waals surface area contributed by atoms with E-state index in [1.165, 1.54) is 19.3 Å². The smallest absolute Gasteiger partial charge is 0.296 e. The zero-order valence-electron chi connectivity index (χ0n) is 19.1. The van der Waals surface area contributed by atoms with Crippen molar-refractivity contribution in [1.29, 1.82) is 0 Å². The summed E-state index contributed by atoms with van der Waals surface area (Å²) in [5.74, 6) is -0.312. The summed E-state index contributed by atoms with van der Waals surface area (Å²) in [4.78, 5) is 30.7. The summed E-state index contributed by atoms with van der Waals surface area (Å²) in [5.41, 5.74) is 3.53. The van der Waals surface area contributed by atoms with Crippen molar-refractivity contribution in [2.45, 2.75) is 40.0 Å². The van der Waals surface area contributed by atoms with Gasteiger partial charge in [0.1, 0.15) is 18.0 Å². The van der Waals surface area contributed by atoms with Crippen LogP contribution in [0.2, 0.25) is 0 Å². The summed E-state index contributed by atoms with van der Waals surface area (Å²) >= 11 is 0. The van der Waals surface area contributed by atoms with Gasteiger partial charge in [-0.1, -0.05) is 54.9 Å². The molecular formula is C25H24FN5O3. The number of carbonyl (C=O) groups excluding carboxylic acids is 1. The molecule has 34 heavy (non-hydrogen) atoms. The van der Waals surface area contributed by atoms with Crippen molar-refractivity contribution >= 4 is 11.5 Å². The molecule has 0 aliphatic carbocycles. The summed E-state index contributed by atoms with van der Waals surface area (Å²) in [6.45, 7) is 5.31. The highest BCUT2D eigenvalue weighted by atomic mass is 19.1. The number of aromatic amines is 1. The van der Waals surface area contributed by atoms with Gasteiger partial charge < -0.3 is 0 Å². The Kier molecular flexibility index (Phi) is 6.62. The SMILES string of the molecule is CCC/C(=C(\Cc1ccc(-c2ccccc2-c2noc(=O)[nH]2)cc1F)C(C)=O)n1ncnc1C. The fraction of sp³-hybridized carbons (Fsp3) is 0.240. The van der Waals surface area contributed by atoms with E-state index >= 15 is 4.39 Å². The first-order valence-corrected chi connectivity index (χ1v) is 10.9. The number of hydrogen-bond donors (Lipinski definition) is 1. The first-order chi connectivity index (χ1) is 16.4.